The van der Waals surface area contributed by atoms with Gasteiger partial charge >= 0.3 is 0 Å². The lowest BCUT2D eigenvalue weighted by Crippen LogP contribution is -2.33. The number of carbonyl (C=O) groups excluding carboxylic acids is 1. The van der Waals surface area contributed by atoms with Crippen LogP contribution in [0.1, 0.15) is 45.3 Å². The molecule has 0 aliphatic heterocycles. The quantitative estimate of drug-likeness (QED) is 0.843. The van der Waals surface area contributed by atoms with Crippen LogP contribution in [0.5, 0.6) is 11.5 Å². The van der Waals surface area contributed by atoms with Gasteiger partial charge in [0.25, 0.3) is 0 Å². The second-order valence-corrected chi connectivity index (χ2v) is 5.86. The molecule has 0 aliphatic rings. The van der Waals surface area contributed by atoms with Crippen molar-refractivity contribution >= 4 is 5.91 Å². The number of ether oxygens (including phenoxy) is 2. The van der Waals surface area contributed by atoms with Crippen LogP contribution in [0.15, 0.2) is 30.9 Å². The first-order valence-electron chi connectivity index (χ1n) is 7.91. The molecule has 2 aromatic rings. The van der Waals surface area contributed by atoms with Gasteiger partial charge in [-0.05, 0) is 45.4 Å². The van der Waals surface area contributed by atoms with E-state index in [1.807, 2.05) is 39.0 Å². The molecule has 0 bridgehead atoms. The Hall–Kier alpha value is -2.57. The van der Waals surface area contributed by atoms with Crippen LogP contribution >= 0.6 is 0 Å². The molecule has 1 aromatic heterocycles. The van der Waals surface area contributed by atoms with Crippen molar-refractivity contribution in [3.8, 4) is 11.5 Å². The van der Waals surface area contributed by atoms with Crippen LogP contribution in [0.2, 0.25) is 0 Å². The van der Waals surface area contributed by atoms with Gasteiger partial charge in [-0.15, -0.1) is 0 Å². The third-order valence-corrected chi connectivity index (χ3v) is 3.62. The van der Waals surface area contributed by atoms with Crippen molar-refractivity contribution in [3.05, 3.63) is 36.4 Å². The highest BCUT2D eigenvalue weighted by atomic mass is 16.5. The fraction of sp³-hybridized carbons (Fsp3) is 0.471. The molecule has 130 valence electrons. The highest BCUT2D eigenvalue weighted by molar-refractivity contribution is 5.80. The van der Waals surface area contributed by atoms with Crippen molar-refractivity contribution in [1.82, 2.24) is 20.1 Å². The molecule has 1 amide bonds. The number of nitrogens with zero attached hydrogens (tertiary/aromatic N) is 3. The predicted octanol–water partition coefficient (Wildman–Crippen LogP) is 2.51. The third-order valence-electron chi connectivity index (χ3n) is 3.62. The molecule has 0 saturated carbocycles. The Labute approximate surface area is 142 Å². The third kappa shape index (κ3) is 4.24. The van der Waals surface area contributed by atoms with Crippen molar-refractivity contribution in [3.63, 3.8) is 0 Å². The van der Waals surface area contributed by atoms with Gasteiger partial charge in [-0.1, -0.05) is 6.07 Å². The Kier molecular flexibility index (Phi) is 5.78. The summed E-state index contributed by atoms with van der Waals surface area (Å²) in [5.74, 6) is 1.20. The monoisotopic (exact) mass is 332 g/mol. The summed E-state index contributed by atoms with van der Waals surface area (Å²) in [7, 11) is 1.60. The van der Waals surface area contributed by atoms with Crippen LogP contribution in [0, 0.1) is 0 Å². The second kappa shape index (κ2) is 7.81. The summed E-state index contributed by atoms with van der Waals surface area (Å²) in [6.07, 6.45) is 2.99. The molecule has 7 heteroatoms. The van der Waals surface area contributed by atoms with E-state index >= 15 is 0 Å². The molecular weight excluding hydrogens is 308 g/mol. The Bertz CT molecular complexity index is 670. The Morgan fingerprint density at radius 3 is 2.54 bits per heavy atom. The molecular formula is C17H24N4O3. The molecule has 1 heterocycles. The van der Waals surface area contributed by atoms with Gasteiger partial charge in [0, 0.05) is 0 Å². The first-order chi connectivity index (χ1) is 11.4. The standard InChI is InChI=1S/C17H24N4O3/c1-11(2)24-15-7-6-14(8-16(15)23-5)12(3)20-17(22)13(4)21-10-18-9-19-21/h6-13H,1-5H3,(H,20,22)/t12-,13+/m1/s1. The summed E-state index contributed by atoms with van der Waals surface area (Å²) >= 11 is 0. The van der Waals surface area contributed by atoms with E-state index in [4.69, 9.17) is 9.47 Å². The van der Waals surface area contributed by atoms with Crippen LogP contribution in [-0.2, 0) is 4.79 Å². The number of nitrogens with one attached hydrogen (secondary N) is 1. The molecule has 2 rings (SSSR count). The first kappa shape index (κ1) is 17.8. The first-order valence-corrected chi connectivity index (χ1v) is 7.91. The van der Waals surface area contributed by atoms with E-state index in [1.54, 1.807) is 14.0 Å². The van der Waals surface area contributed by atoms with Gasteiger partial charge in [-0.2, -0.15) is 5.10 Å². The lowest BCUT2D eigenvalue weighted by molar-refractivity contribution is -0.124. The number of methoxy groups -OCH3 is 1. The molecule has 0 aliphatic carbocycles. The molecule has 0 unspecified atom stereocenters. The van der Waals surface area contributed by atoms with E-state index in [2.05, 4.69) is 15.4 Å². The average Bonchev–Trinajstić information content (AvgIpc) is 3.08. The van der Waals surface area contributed by atoms with Gasteiger partial charge in [0.1, 0.15) is 18.7 Å². The van der Waals surface area contributed by atoms with Crippen molar-refractivity contribution in [2.75, 3.05) is 7.11 Å². The summed E-state index contributed by atoms with van der Waals surface area (Å²) in [4.78, 5) is 16.2. The fourth-order valence-corrected chi connectivity index (χ4v) is 2.26. The molecule has 0 radical (unpaired) electrons. The van der Waals surface area contributed by atoms with Gasteiger partial charge in [0.2, 0.25) is 5.91 Å². The summed E-state index contributed by atoms with van der Waals surface area (Å²) < 4.78 is 12.6. The number of aromatic nitrogens is 3. The number of hydrogen-bond donors (Lipinski definition) is 1. The van der Waals surface area contributed by atoms with Gasteiger partial charge < -0.3 is 14.8 Å². The molecule has 7 nitrogen and oxygen atoms in total. The Morgan fingerprint density at radius 1 is 1.21 bits per heavy atom. The van der Waals surface area contributed by atoms with E-state index in [-0.39, 0.29) is 18.1 Å². The van der Waals surface area contributed by atoms with E-state index in [0.29, 0.717) is 11.5 Å². The highest BCUT2D eigenvalue weighted by Crippen LogP contribution is 2.31. The van der Waals surface area contributed by atoms with Gasteiger partial charge in [0.15, 0.2) is 11.5 Å². The minimum Gasteiger partial charge on any atom is -0.493 e. The van der Waals surface area contributed by atoms with Crippen LogP contribution in [0.25, 0.3) is 0 Å². The summed E-state index contributed by atoms with van der Waals surface area (Å²) in [5.41, 5.74) is 0.932. The van der Waals surface area contributed by atoms with E-state index in [9.17, 15) is 4.79 Å². The number of carbonyl (C=O) groups is 1. The molecule has 1 aromatic carbocycles. The minimum absolute atomic E-state index is 0.0606. The average molecular weight is 332 g/mol. The summed E-state index contributed by atoms with van der Waals surface area (Å²) in [6.45, 7) is 7.62. The topological polar surface area (TPSA) is 78.3 Å². The van der Waals surface area contributed by atoms with Gasteiger partial charge in [-0.3, -0.25) is 4.79 Å². The lowest BCUT2D eigenvalue weighted by Gasteiger charge is -2.20. The lowest BCUT2D eigenvalue weighted by atomic mass is 10.1. The summed E-state index contributed by atoms with van der Waals surface area (Å²) in [5, 5.41) is 6.96. The minimum atomic E-state index is -0.430. The van der Waals surface area contributed by atoms with Crippen molar-refractivity contribution < 1.29 is 14.3 Å². The fourth-order valence-electron chi connectivity index (χ4n) is 2.26. The van der Waals surface area contributed by atoms with Gasteiger partial charge in [-0.25, -0.2) is 9.67 Å². The van der Waals surface area contributed by atoms with Crippen molar-refractivity contribution in [2.45, 2.75) is 45.9 Å². The van der Waals surface area contributed by atoms with Crippen molar-refractivity contribution in [2.24, 2.45) is 0 Å². The predicted molar refractivity (Wildman–Crippen MR) is 90.0 cm³/mol. The van der Waals surface area contributed by atoms with Crippen LogP contribution < -0.4 is 14.8 Å². The number of hydrogen-bond acceptors (Lipinski definition) is 5. The summed E-state index contributed by atoms with van der Waals surface area (Å²) in [6, 6.07) is 5.05. The van der Waals surface area contributed by atoms with E-state index < -0.39 is 6.04 Å². The zero-order valence-corrected chi connectivity index (χ0v) is 14.7. The zero-order chi connectivity index (χ0) is 17.7. The molecule has 0 spiro atoms. The number of amides is 1. The molecule has 1 N–H and O–H groups in total. The number of benzene rings is 1. The maximum atomic E-state index is 12.3. The van der Waals surface area contributed by atoms with Crippen LogP contribution in [-0.4, -0.2) is 33.9 Å². The second-order valence-electron chi connectivity index (χ2n) is 5.86. The normalized spacial score (nSPS) is 13.4. The number of rotatable bonds is 7. The SMILES string of the molecule is COc1cc([C@@H](C)NC(=O)[C@H](C)n2cncn2)ccc1OC(C)C. The maximum Gasteiger partial charge on any atom is 0.245 e. The smallest absolute Gasteiger partial charge is 0.245 e. The highest BCUT2D eigenvalue weighted by Gasteiger charge is 2.19. The van der Waals surface area contributed by atoms with Gasteiger partial charge in [0.05, 0.1) is 19.3 Å². The largest absolute Gasteiger partial charge is 0.493 e. The maximum absolute atomic E-state index is 12.3. The molecule has 0 fully saturated rings. The van der Waals surface area contributed by atoms with E-state index in [1.165, 1.54) is 17.3 Å². The molecule has 2 atom stereocenters. The Morgan fingerprint density at radius 2 is 1.96 bits per heavy atom. The van der Waals surface area contributed by atoms with Crippen molar-refractivity contribution in [1.29, 1.82) is 0 Å². The molecule has 24 heavy (non-hydrogen) atoms. The van der Waals surface area contributed by atoms with E-state index in [0.717, 1.165) is 5.56 Å². The van der Waals surface area contributed by atoms with Crippen LogP contribution in [0.3, 0.4) is 0 Å². The van der Waals surface area contributed by atoms with Crippen LogP contribution in [0.4, 0.5) is 0 Å². The Balaban J connectivity index is 2.09. The molecule has 0 saturated heterocycles. The zero-order valence-electron chi connectivity index (χ0n) is 14.7.